The number of esters is 2. The first-order chi connectivity index (χ1) is 7.88. The van der Waals surface area contributed by atoms with Crippen LogP contribution in [0.5, 0.6) is 0 Å². The van der Waals surface area contributed by atoms with Gasteiger partial charge in [0, 0.05) is 10.8 Å². The Balaban J connectivity index is 2.44. The molecule has 1 fully saturated rings. The highest BCUT2D eigenvalue weighted by molar-refractivity contribution is 5.85. The summed E-state index contributed by atoms with van der Waals surface area (Å²) in [7, 11) is 2.72. The number of hydrogen-bond acceptors (Lipinski definition) is 4. The number of allylic oxidation sites excluding steroid dienone is 2. The Hall–Kier alpha value is -1.32. The first-order valence-corrected chi connectivity index (χ1v) is 5.74. The van der Waals surface area contributed by atoms with Gasteiger partial charge in [-0.2, -0.15) is 0 Å². The van der Waals surface area contributed by atoms with Crippen molar-refractivity contribution in [1.29, 1.82) is 0 Å². The van der Waals surface area contributed by atoms with Crippen molar-refractivity contribution in [2.75, 3.05) is 14.2 Å². The molecule has 0 N–H and O–H groups in total. The van der Waals surface area contributed by atoms with E-state index in [4.69, 9.17) is 9.47 Å². The standard InChI is InChI=1S/C13H18O4/c1-12-5-6-13(2,7-12)9(11(15)17-4)8(12)10(14)16-3/h5-6,8-9H,7H2,1-4H3. The van der Waals surface area contributed by atoms with Crippen LogP contribution in [0.1, 0.15) is 20.3 Å². The van der Waals surface area contributed by atoms with Crippen molar-refractivity contribution in [2.45, 2.75) is 20.3 Å². The summed E-state index contributed by atoms with van der Waals surface area (Å²) in [6.07, 6.45) is 4.86. The third-order valence-corrected chi connectivity index (χ3v) is 4.27. The van der Waals surface area contributed by atoms with Crippen molar-refractivity contribution in [3.63, 3.8) is 0 Å². The number of methoxy groups -OCH3 is 2. The van der Waals surface area contributed by atoms with Crippen molar-refractivity contribution in [1.82, 2.24) is 0 Å². The second kappa shape index (κ2) is 3.59. The van der Waals surface area contributed by atoms with E-state index in [1.807, 2.05) is 26.0 Å². The highest BCUT2D eigenvalue weighted by Gasteiger charge is 2.64. The normalized spacial score (nSPS) is 42.6. The van der Waals surface area contributed by atoms with E-state index in [-0.39, 0.29) is 22.8 Å². The molecule has 0 saturated heterocycles. The first kappa shape index (κ1) is 12.1. The van der Waals surface area contributed by atoms with Crippen LogP contribution in [0.2, 0.25) is 0 Å². The summed E-state index contributed by atoms with van der Waals surface area (Å²) in [6, 6.07) is 0. The molecule has 0 radical (unpaired) electrons. The lowest BCUT2D eigenvalue weighted by atomic mass is 9.71. The molecule has 0 aromatic heterocycles. The maximum Gasteiger partial charge on any atom is 0.310 e. The molecule has 4 heteroatoms. The average molecular weight is 238 g/mol. The molecule has 2 rings (SSSR count). The number of carbonyl (C=O) groups is 2. The monoisotopic (exact) mass is 238 g/mol. The summed E-state index contributed by atoms with van der Waals surface area (Å²) in [6.45, 7) is 4.00. The van der Waals surface area contributed by atoms with Crippen molar-refractivity contribution in [3.05, 3.63) is 12.2 Å². The Kier molecular flexibility index (Phi) is 2.56. The third kappa shape index (κ3) is 1.50. The quantitative estimate of drug-likeness (QED) is 0.541. The fourth-order valence-corrected chi connectivity index (χ4v) is 3.57. The zero-order chi connectivity index (χ0) is 12.8. The molecule has 4 nitrogen and oxygen atoms in total. The molecule has 0 amide bonds. The molecule has 4 atom stereocenters. The van der Waals surface area contributed by atoms with E-state index in [1.165, 1.54) is 14.2 Å². The van der Waals surface area contributed by atoms with Crippen LogP contribution in [0.4, 0.5) is 0 Å². The number of fused-ring (bicyclic) bond motifs is 2. The van der Waals surface area contributed by atoms with Crippen molar-refractivity contribution in [3.8, 4) is 0 Å². The van der Waals surface area contributed by atoms with Crippen molar-refractivity contribution >= 4 is 11.9 Å². The van der Waals surface area contributed by atoms with Gasteiger partial charge in [-0.15, -0.1) is 0 Å². The SMILES string of the molecule is COC(=O)C1C(C(=O)OC)C2(C)C=CC1(C)C2. The Morgan fingerprint density at radius 3 is 1.65 bits per heavy atom. The van der Waals surface area contributed by atoms with Crippen molar-refractivity contribution < 1.29 is 19.1 Å². The maximum absolute atomic E-state index is 11.9. The van der Waals surface area contributed by atoms with E-state index in [2.05, 4.69) is 0 Å². The van der Waals surface area contributed by atoms with E-state index in [0.717, 1.165) is 6.42 Å². The predicted molar refractivity (Wildman–Crippen MR) is 61.0 cm³/mol. The molecular formula is C13H18O4. The van der Waals surface area contributed by atoms with Gasteiger partial charge in [-0.25, -0.2) is 0 Å². The molecule has 2 bridgehead atoms. The van der Waals surface area contributed by atoms with Crippen molar-refractivity contribution in [2.24, 2.45) is 22.7 Å². The predicted octanol–water partition coefficient (Wildman–Crippen LogP) is 1.55. The highest BCUT2D eigenvalue weighted by Crippen LogP contribution is 2.63. The largest absolute Gasteiger partial charge is 0.469 e. The van der Waals surface area contributed by atoms with Crippen LogP contribution in [0, 0.1) is 22.7 Å². The lowest BCUT2D eigenvalue weighted by Crippen LogP contribution is -2.40. The summed E-state index contributed by atoms with van der Waals surface area (Å²) in [5.41, 5.74) is -0.582. The number of rotatable bonds is 2. The maximum atomic E-state index is 11.9. The average Bonchev–Trinajstić information content (AvgIpc) is 2.72. The van der Waals surface area contributed by atoms with Gasteiger partial charge in [-0.3, -0.25) is 9.59 Å². The lowest BCUT2D eigenvalue weighted by Gasteiger charge is -2.32. The molecular weight excluding hydrogens is 220 g/mol. The Morgan fingerprint density at radius 2 is 1.35 bits per heavy atom. The third-order valence-electron chi connectivity index (χ3n) is 4.27. The van der Waals surface area contributed by atoms with E-state index in [0.29, 0.717) is 0 Å². The minimum Gasteiger partial charge on any atom is -0.469 e. The Morgan fingerprint density at radius 1 is 1.00 bits per heavy atom. The van der Waals surface area contributed by atoms with Crippen LogP contribution in [0.15, 0.2) is 12.2 Å². The number of carbonyl (C=O) groups excluding carboxylic acids is 2. The molecule has 0 heterocycles. The Labute approximate surface area is 101 Å². The van der Waals surface area contributed by atoms with Crippen LogP contribution in [-0.2, 0) is 19.1 Å². The molecule has 0 aliphatic heterocycles. The van der Waals surface area contributed by atoms with E-state index in [9.17, 15) is 9.59 Å². The molecule has 0 aromatic rings. The molecule has 4 unspecified atom stereocenters. The second-order valence-corrected chi connectivity index (χ2v) is 5.52. The van der Waals surface area contributed by atoms with Crippen LogP contribution < -0.4 is 0 Å². The number of hydrogen-bond donors (Lipinski definition) is 0. The Bertz CT molecular complexity index is 364. The van der Waals surface area contributed by atoms with Crippen LogP contribution in [0.3, 0.4) is 0 Å². The summed E-state index contributed by atoms with van der Waals surface area (Å²) >= 11 is 0. The first-order valence-electron chi connectivity index (χ1n) is 5.74. The lowest BCUT2D eigenvalue weighted by molar-refractivity contribution is -0.161. The molecule has 0 spiro atoms. The molecule has 2 aliphatic rings. The minimum atomic E-state index is -0.435. The van der Waals surface area contributed by atoms with Gasteiger partial charge in [0.2, 0.25) is 0 Å². The minimum absolute atomic E-state index is 0.291. The molecule has 17 heavy (non-hydrogen) atoms. The number of ether oxygens (including phenoxy) is 2. The summed E-state index contributed by atoms with van der Waals surface area (Å²) in [5, 5.41) is 0. The second-order valence-electron chi connectivity index (χ2n) is 5.52. The van der Waals surface area contributed by atoms with Gasteiger partial charge in [0.05, 0.1) is 26.1 Å². The summed E-state index contributed by atoms with van der Waals surface area (Å²) in [5.74, 6) is -1.52. The molecule has 94 valence electrons. The van der Waals surface area contributed by atoms with Crippen LogP contribution in [-0.4, -0.2) is 26.2 Å². The highest BCUT2D eigenvalue weighted by atomic mass is 16.5. The van der Waals surface area contributed by atoms with Gasteiger partial charge in [-0.05, 0) is 6.42 Å². The van der Waals surface area contributed by atoms with Gasteiger partial charge in [0.25, 0.3) is 0 Å². The zero-order valence-corrected chi connectivity index (χ0v) is 10.6. The fraction of sp³-hybridized carbons (Fsp3) is 0.692. The van der Waals surface area contributed by atoms with Crippen LogP contribution >= 0.6 is 0 Å². The molecule has 1 saturated carbocycles. The molecule has 2 aliphatic carbocycles. The van der Waals surface area contributed by atoms with Crippen LogP contribution in [0.25, 0.3) is 0 Å². The fourth-order valence-electron chi connectivity index (χ4n) is 3.57. The summed E-state index contributed by atoms with van der Waals surface area (Å²) in [4.78, 5) is 23.8. The van der Waals surface area contributed by atoms with Gasteiger partial charge < -0.3 is 9.47 Å². The molecule has 0 aromatic carbocycles. The zero-order valence-electron chi connectivity index (χ0n) is 10.6. The van der Waals surface area contributed by atoms with Gasteiger partial charge in [0.15, 0.2) is 0 Å². The smallest absolute Gasteiger partial charge is 0.310 e. The summed E-state index contributed by atoms with van der Waals surface area (Å²) < 4.78 is 9.68. The van der Waals surface area contributed by atoms with Gasteiger partial charge >= 0.3 is 11.9 Å². The van der Waals surface area contributed by atoms with E-state index >= 15 is 0 Å². The van der Waals surface area contributed by atoms with Gasteiger partial charge in [0.1, 0.15) is 0 Å². The topological polar surface area (TPSA) is 52.6 Å². The van der Waals surface area contributed by atoms with Gasteiger partial charge in [-0.1, -0.05) is 26.0 Å². The van der Waals surface area contributed by atoms with E-state index < -0.39 is 11.8 Å². The van der Waals surface area contributed by atoms with E-state index in [1.54, 1.807) is 0 Å².